The zero-order valence-electron chi connectivity index (χ0n) is 11.6. The van der Waals surface area contributed by atoms with Crippen LogP contribution in [0.1, 0.15) is 16.8 Å². The van der Waals surface area contributed by atoms with E-state index in [2.05, 4.69) is 5.32 Å². The Balaban J connectivity index is 2.01. The summed E-state index contributed by atoms with van der Waals surface area (Å²) in [5.74, 6) is -0.721. The molecule has 1 fully saturated rings. The van der Waals surface area contributed by atoms with Crippen LogP contribution in [0.2, 0.25) is 0 Å². The second kappa shape index (κ2) is 6.19. The van der Waals surface area contributed by atoms with Crippen LogP contribution in [0.4, 0.5) is 4.39 Å². The number of methoxy groups -OCH3 is 2. The van der Waals surface area contributed by atoms with Gasteiger partial charge in [0.05, 0.1) is 19.3 Å². The van der Waals surface area contributed by atoms with Crippen LogP contribution in [0.25, 0.3) is 0 Å². The molecule has 5 nitrogen and oxygen atoms in total. The van der Waals surface area contributed by atoms with Gasteiger partial charge < -0.3 is 19.5 Å². The first-order chi connectivity index (χ1) is 9.60. The highest BCUT2D eigenvalue weighted by Crippen LogP contribution is 2.22. The molecule has 6 heteroatoms. The van der Waals surface area contributed by atoms with Crippen molar-refractivity contribution in [2.75, 3.05) is 34.0 Å². The molecule has 1 aliphatic rings. The fraction of sp³-hybridized carbons (Fsp3) is 0.500. The van der Waals surface area contributed by atoms with Gasteiger partial charge in [0, 0.05) is 32.7 Å². The van der Waals surface area contributed by atoms with Gasteiger partial charge in [-0.1, -0.05) is 0 Å². The first-order valence-corrected chi connectivity index (χ1v) is 6.35. The Morgan fingerprint density at radius 2 is 2.30 bits per heavy atom. The van der Waals surface area contributed by atoms with Gasteiger partial charge in [-0.15, -0.1) is 0 Å². The summed E-state index contributed by atoms with van der Waals surface area (Å²) in [6, 6.07) is 4.12. The summed E-state index contributed by atoms with van der Waals surface area (Å²) < 4.78 is 29.3. The van der Waals surface area contributed by atoms with Crippen LogP contribution in [0, 0.1) is 5.82 Å². The maximum Gasteiger partial charge on any atom is 0.254 e. The van der Waals surface area contributed by atoms with Crippen LogP contribution in [-0.2, 0) is 9.47 Å². The molecular formula is C14H18FNO4. The van der Waals surface area contributed by atoms with Gasteiger partial charge in [-0.2, -0.15) is 0 Å². The molecule has 0 spiro atoms. The zero-order chi connectivity index (χ0) is 14.6. The number of hydrogen-bond donors (Lipinski definition) is 1. The van der Waals surface area contributed by atoms with E-state index in [1.807, 2.05) is 0 Å². The fourth-order valence-corrected chi connectivity index (χ4v) is 2.10. The average Bonchev–Trinajstić information content (AvgIpc) is 2.94. The molecule has 1 aliphatic heterocycles. The van der Waals surface area contributed by atoms with Crippen LogP contribution in [0.3, 0.4) is 0 Å². The monoisotopic (exact) mass is 283 g/mol. The Labute approximate surface area is 117 Å². The predicted molar refractivity (Wildman–Crippen MR) is 70.5 cm³/mol. The lowest BCUT2D eigenvalue weighted by molar-refractivity contribution is -0.0149. The average molecular weight is 283 g/mol. The van der Waals surface area contributed by atoms with Crippen LogP contribution in [0.5, 0.6) is 5.75 Å². The standard InChI is InChI=1S/C14H18FNO4/c1-18-10-3-4-11(12(15)7-10)13(17)16-8-14(19-2)5-6-20-9-14/h3-4,7H,5-6,8-9H2,1-2H3,(H,16,17). The number of halogens is 1. The number of hydrogen-bond acceptors (Lipinski definition) is 4. The molecule has 0 aromatic heterocycles. The minimum atomic E-state index is -0.615. The smallest absolute Gasteiger partial charge is 0.254 e. The molecule has 1 unspecified atom stereocenters. The maximum atomic E-state index is 13.8. The van der Waals surface area contributed by atoms with Crippen molar-refractivity contribution in [3.63, 3.8) is 0 Å². The van der Waals surface area contributed by atoms with Crippen molar-refractivity contribution >= 4 is 5.91 Å². The topological polar surface area (TPSA) is 56.8 Å². The number of carbonyl (C=O) groups excluding carboxylic acids is 1. The molecule has 110 valence electrons. The van der Waals surface area contributed by atoms with E-state index in [4.69, 9.17) is 14.2 Å². The lowest BCUT2D eigenvalue weighted by Gasteiger charge is -2.25. The van der Waals surface area contributed by atoms with E-state index in [9.17, 15) is 9.18 Å². The third-order valence-electron chi connectivity index (χ3n) is 3.49. The van der Waals surface area contributed by atoms with Gasteiger partial charge in [-0.25, -0.2) is 4.39 Å². The first-order valence-electron chi connectivity index (χ1n) is 6.35. The molecule has 0 bridgehead atoms. The summed E-state index contributed by atoms with van der Waals surface area (Å²) in [6.45, 7) is 1.31. The number of ether oxygens (including phenoxy) is 3. The van der Waals surface area contributed by atoms with E-state index in [1.54, 1.807) is 13.2 Å². The Bertz CT molecular complexity index is 486. The maximum absolute atomic E-state index is 13.8. The van der Waals surface area contributed by atoms with Crippen molar-refractivity contribution in [1.82, 2.24) is 5.32 Å². The van der Waals surface area contributed by atoms with Gasteiger partial charge in [0.2, 0.25) is 0 Å². The molecule has 1 N–H and O–H groups in total. The predicted octanol–water partition coefficient (Wildman–Crippen LogP) is 1.37. The first kappa shape index (κ1) is 14.7. The number of rotatable bonds is 5. The SMILES string of the molecule is COc1ccc(C(=O)NCC2(OC)CCOC2)c(F)c1. The van der Waals surface area contributed by atoms with Gasteiger partial charge in [0.25, 0.3) is 5.91 Å². The van der Waals surface area contributed by atoms with Crippen molar-refractivity contribution < 1.29 is 23.4 Å². The van der Waals surface area contributed by atoms with Crippen LogP contribution in [-0.4, -0.2) is 45.5 Å². The summed E-state index contributed by atoms with van der Waals surface area (Å²) in [5, 5.41) is 2.69. The minimum absolute atomic E-state index is 0.0176. The Hall–Kier alpha value is -1.66. The van der Waals surface area contributed by atoms with E-state index >= 15 is 0 Å². The van der Waals surface area contributed by atoms with Crippen molar-refractivity contribution in [1.29, 1.82) is 0 Å². The number of benzene rings is 1. The molecule has 1 heterocycles. The Morgan fingerprint density at radius 3 is 2.85 bits per heavy atom. The third-order valence-corrected chi connectivity index (χ3v) is 3.49. The molecule has 0 aliphatic carbocycles. The van der Waals surface area contributed by atoms with Crippen LogP contribution < -0.4 is 10.1 Å². The van der Waals surface area contributed by atoms with E-state index in [0.29, 0.717) is 25.4 Å². The van der Waals surface area contributed by atoms with Gasteiger partial charge in [-0.05, 0) is 12.1 Å². The normalized spacial score (nSPS) is 21.8. The van der Waals surface area contributed by atoms with E-state index < -0.39 is 17.3 Å². The van der Waals surface area contributed by atoms with Crippen molar-refractivity contribution in [3.05, 3.63) is 29.6 Å². The highest BCUT2D eigenvalue weighted by Gasteiger charge is 2.35. The molecule has 20 heavy (non-hydrogen) atoms. The molecule has 1 saturated heterocycles. The summed E-state index contributed by atoms with van der Waals surface area (Å²) >= 11 is 0. The van der Waals surface area contributed by atoms with Crippen molar-refractivity contribution in [2.24, 2.45) is 0 Å². The molecule has 1 atom stereocenters. The second-order valence-corrected chi connectivity index (χ2v) is 4.72. The lowest BCUT2D eigenvalue weighted by atomic mass is 10.0. The largest absolute Gasteiger partial charge is 0.497 e. The van der Waals surface area contributed by atoms with E-state index in [-0.39, 0.29) is 12.1 Å². The molecule has 1 aromatic rings. The van der Waals surface area contributed by atoms with Crippen molar-refractivity contribution in [3.8, 4) is 5.75 Å². The molecule has 2 rings (SSSR count). The van der Waals surface area contributed by atoms with Crippen molar-refractivity contribution in [2.45, 2.75) is 12.0 Å². The van der Waals surface area contributed by atoms with Crippen LogP contribution in [0.15, 0.2) is 18.2 Å². The van der Waals surface area contributed by atoms with Gasteiger partial charge in [0.1, 0.15) is 17.2 Å². The molecule has 1 amide bonds. The van der Waals surface area contributed by atoms with Gasteiger partial charge >= 0.3 is 0 Å². The summed E-state index contributed by atoms with van der Waals surface area (Å²) in [5.41, 5.74) is -0.533. The van der Waals surface area contributed by atoms with Gasteiger partial charge in [0.15, 0.2) is 0 Å². The van der Waals surface area contributed by atoms with Gasteiger partial charge in [-0.3, -0.25) is 4.79 Å². The molecule has 0 saturated carbocycles. The van der Waals surface area contributed by atoms with E-state index in [1.165, 1.54) is 19.2 Å². The summed E-state index contributed by atoms with van der Waals surface area (Å²) in [7, 11) is 3.02. The summed E-state index contributed by atoms with van der Waals surface area (Å²) in [4.78, 5) is 12.0. The number of carbonyl (C=O) groups is 1. The Kier molecular flexibility index (Phi) is 4.57. The quantitative estimate of drug-likeness (QED) is 0.886. The molecular weight excluding hydrogens is 265 g/mol. The second-order valence-electron chi connectivity index (χ2n) is 4.72. The number of nitrogens with one attached hydrogen (secondary N) is 1. The summed E-state index contributed by atoms with van der Waals surface area (Å²) in [6.07, 6.45) is 0.703. The zero-order valence-corrected chi connectivity index (χ0v) is 11.6. The van der Waals surface area contributed by atoms with E-state index in [0.717, 1.165) is 0 Å². The van der Waals surface area contributed by atoms with Crippen LogP contribution >= 0.6 is 0 Å². The minimum Gasteiger partial charge on any atom is -0.497 e. The lowest BCUT2D eigenvalue weighted by Crippen LogP contribution is -2.45. The molecule has 0 radical (unpaired) electrons. The highest BCUT2D eigenvalue weighted by atomic mass is 19.1. The Morgan fingerprint density at radius 1 is 1.50 bits per heavy atom. The third kappa shape index (κ3) is 3.08. The number of amides is 1. The fourth-order valence-electron chi connectivity index (χ4n) is 2.10. The molecule has 1 aromatic carbocycles. The highest BCUT2D eigenvalue weighted by molar-refractivity contribution is 5.94.